The van der Waals surface area contributed by atoms with E-state index < -0.39 is 21.0 Å². The number of hydrogen-bond donors (Lipinski definition) is 3. The minimum absolute atomic E-state index is 0.405. The zero-order valence-electron chi connectivity index (χ0n) is 8.73. The van der Waals surface area contributed by atoms with Crippen molar-refractivity contribution in [2.24, 2.45) is 17.4 Å². The molecule has 0 aromatic heterocycles. The van der Waals surface area contributed by atoms with Gasteiger partial charge in [-0.25, -0.2) is 0 Å². The van der Waals surface area contributed by atoms with Crippen molar-refractivity contribution >= 4 is 10.1 Å². The summed E-state index contributed by atoms with van der Waals surface area (Å²) in [5.41, 5.74) is 10.9. The molecule has 0 spiro atoms. The molecule has 0 fully saturated rings. The molecule has 5 N–H and O–H groups in total. The highest BCUT2D eigenvalue weighted by molar-refractivity contribution is 7.87. The van der Waals surface area contributed by atoms with Crippen LogP contribution in [-0.4, -0.2) is 18.0 Å². The Bertz CT molecular complexity index is 262. The quantitative estimate of drug-likeness (QED) is 0.454. The first kappa shape index (κ1) is 13.8. The fraction of sp³-hybridized carbons (Fsp3) is 1.00. The normalized spacial score (nSPS) is 15.5. The first-order valence-electron chi connectivity index (χ1n) is 4.82. The zero-order chi connectivity index (χ0) is 11.4. The summed E-state index contributed by atoms with van der Waals surface area (Å²) in [5, 5.41) is 0. The summed E-state index contributed by atoms with van der Waals surface area (Å²) in [6.07, 6.45) is 2.94. The molecule has 0 heterocycles. The molecule has 0 bridgehead atoms. The van der Waals surface area contributed by atoms with Gasteiger partial charge in [-0.1, -0.05) is 26.7 Å². The highest BCUT2D eigenvalue weighted by atomic mass is 32.2. The summed E-state index contributed by atoms with van der Waals surface area (Å²) in [6, 6.07) is 0. The first-order valence-corrected chi connectivity index (χ1v) is 6.26. The van der Waals surface area contributed by atoms with E-state index in [1.807, 2.05) is 6.92 Å². The van der Waals surface area contributed by atoms with Crippen molar-refractivity contribution in [1.29, 1.82) is 0 Å². The van der Waals surface area contributed by atoms with E-state index in [1.165, 1.54) is 0 Å². The van der Waals surface area contributed by atoms with Crippen LogP contribution in [-0.2, 0) is 10.1 Å². The summed E-state index contributed by atoms with van der Waals surface area (Å²) in [5.74, 6) is -0.405. The predicted octanol–water partition coefficient (Wildman–Crippen LogP) is 0.662. The Morgan fingerprint density at radius 2 is 1.86 bits per heavy atom. The van der Waals surface area contributed by atoms with Gasteiger partial charge in [0.15, 0.2) is 4.99 Å². The molecule has 0 aliphatic carbocycles. The summed E-state index contributed by atoms with van der Waals surface area (Å²) in [4.78, 5) is -2.02. The fourth-order valence-corrected chi connectivity index (χ4v) is 2.12. The second-order valence-corrected chi connectivity index (χ2v) is 5.23. The van der Waals surface area contributed by atoms with Gasteiger partial charge in [0.1, 0.15) is 0 Å². The second kappa shape index (κ2) is 5.06. The highest BCUT2D eigenvalue weighted by Gasteiger charge is 2.41. The van der Waals surface area contributed by atoms with Crippen LogP contribution in [0.1, 0.15) is 39.5 Å². The molecule has 6 heteroatoms. The van der Waals surface area contributed by atoms with Gasteiger partial charge in [-0.05, 0) is 12.8 Å². The van der Waals surface area contributed by atoms with Gasteiger partial charge in [0.2, 0.25) is 0 Å². The lowest BCUT2D eigenvalue weighted by Gasteiger charge is -2.29. The van der Waals surface area contributed by atoms with Crippen molar-refractivity contribution in [1.82, 2.24) is 0 Å². The molecule has 0 radical (unpaired) electrons. The van der Waals surface area contributed by atoms with Gasteiger partial charge in [-0.2, -0.15) is 8.42 Å². The Kier molecular flexibility index (Phi) is 5.00. The van der Waals surface area contributed by atoms with Crippen molar-refractivity contribution in [3.05, 3.63) is 0 Å². The SMILES string of the molecule is CCCCC(CC)C(N)(N)S(=O)(=O)O. The number of nitrogens with two attached hydrogens (primary N) is 2. The standard InChI is InChI=1S/C8H20N2O3S/c1-3-5-6-7(4-2)8(9,10)14(11,12)13/h7H,3-6,9-10H2,1-2H3,(H,11,12,13). The van der Waals surface area contributed by atoms with Crippen LogP contribution in [0.3, 0.4) is 0 Å². The highest BCUT2D eigenvalue weighted by Crippen LogP contribution is 2.23. The molecule has 86 valence electrons. The number of hydrogen-bond acceptors (Lipinski definition) is 4. The summed E-state index contributed by atoms with van der Waals surface area (Å²) < 4.78 is 30.7. The molecule has 0 saturated carbocycles. The minimum atomic E-state index is -4.39. The molecule has 0 rings (SSSR count). The molecule has 0 amide bonds. The van der Waals surface area contributed by atoms with E-state index in [1.54, 1.807) is 6.92 Å². The predicted molar refractivity (Wildman–Crippen MR) is 56.0 cm³/mol. The molecule has 0 aromatic carbocycles. The van der Waals surface area contributed by atoms with Gasteiger partial charge in [-0.3, -0.25) is 16.0 Å². The van der Waals surface area contributed by atoms with Crippen LogP contribution in [0.4, 0.5) is 0 Å². The van der Waals surface area contributed by atoms with E-state index in [2.05, 4.69) is 0 Å². The van der Waals surface area contributed by atoms with Crippen LogP contribution in [0.25, 0.3) is 0 Å². The van der Waals surface area contributed by atoms with Gasteiger partial charge in [0.25, 0.3) is 10.1 Å². The molecule has 1 atom stereocenters. The van der Waals surface area contributed by atoms with Crippen molar-refractivity contribution in [3.8, 4) is 0 Å². The van der Waals surface area contributed by atoms with Crippen molar-refractivity contribution in [2.75, 3.05) is 0 Å². The molecule has 0 saturated heterocycles. The Balaban J connectivity index is 4.66. The molecule has 0 aliphatic heterocycles. The largest absolute Gasteiger partial charge is 0.298 e. The molecule has 0 aliphatic rings. The summed E-state index contributed by atoms with van der Waals surface area (Å²) in [6.45, 7) is 3.80. The van der Waals surface area contributed by atoms with Crippen LogP contribution in [0, 0.1) is 5.92 Å². The van der Waals surface area contributed by atoms with E-state index >= 15 is 0 Å². The third-order valence-electron chi connectivity index (χ3n) is 2.48. The van der Waals surface area contributed by atoms with E-state index in [0.29, 0.717) is 12.8 Å². The van der Waals surface area contributed by atoms with Crippen LogP contribution in [0.5, 0.6) is 0 Å². The van der Waals surface area contributed by atoms with Crippen molar-refractivity contribution in [3.63, 3.8) is 0 Å². The molecular formula is C8H20N2O3S. The van der Waals surface area contributed by atoms with Crippen molar-refractivity contribution in [2.45, 2.75) is 44.5 Å². The monoisotopic (exact) mass is 224 g/mol. The lowest BCUT2D eigenvalue weighted by Crippen LogP contribution is -2.61. The average molecular weight is 224 g/mol. The molecule has 5 nitrogen and oxygen atoms in total. The Morgan fingerprint density at radius 1 is 1.36 bits per heavy atom. The average Bonchev–Trinajstić information content (AvgIpc) is 2.03. The van der Waals surface area contributed by atoms with Gasteiger partial charge in [0.05, 0.1) is 0 Å². The summed E-state index contributed by atoms with van der Waals surface area (Å²) >= 11 is 0. The second-order valence-electron chi connectivity index (χ2n) is 3.58. The first-order chi connectivity index (χ1) is 6.27. The maximum atomic E-state index is 10.9. The van der Waals surface area contributed by atoms with E-state index in [4.69, 9.17) is 16.0 Å². The van der Waals surface area contributed by atoms with Crippen LogP contribution in [0.2, 0.25) is 0 Å². The minimum Gasteiger partial charge on any atom is -0.298 e. The van der Waals surface area contributed by atoms with Crippen LogP contribution in [0.15, 0.2) is 0 Å². The third kappa shape index (κ3) is 3.20. The topological polar surface area (TPSA) is 106 Å². The Labute approximate surface area is 85.6 Å². The molecule has 14 heavy (non-hydrogen) atoms. The van der Waals surface area contributed by atoms with Gasteiger partial charge >= 0.3 is 0 Å². The van der Waals surface area contributed by atoms with Gasteiger partial charge < -0.3 is 0 Å². The zero-order valence-corrected chi connectivity index (χ0v) is 9.55. The van der Waals surface area contributed by atoms with Gasteiger partial charge in [-0.15, -0.1) is 0 Å². The maximum Gasteiger partial charge on any atom is 0.297 e. The van der Waals surface area contributed by atoms with E-state index in [0.717, 1.165) is 12.8 Å². The summed E-state index contributed by atoms with van der Waals surface area (Å²) in [7, 11) is -4.39. The smallest absolute Gasteiger partial charge is 0.297 e. The molecule has 0 aromatic rings. The van der Waals surface area contributed by atoms with Gasteiger partial charge in [0, 0.05) is 5.92 Å². The van der Waals surface area contributed by atoms with Crippen molar-refractivity contribution < 1.29 is 13.0 Å². The lowest BCUT2D eigenvalue weighted by atomic mass is 9.96. The van der Waals surface area contributed by atoms with E-state index in [-0.39, 0.29) is 0 Å². The van der Waals surface area contributed by atoms with E-state index in [9.17, 15) is 8.42 Å². The fourth-order valence-electron chi connectivity index (χ4n) is 1.41. The molecule has 1 unspecified atom stereocenters. The Hall–Kier alpha value is -0.170. The maximum absolute atomic E-state index is 10.9. The third-order valence-corrected chi connectivity index (χ3v) is 3.71. The van der Waals surface area contributed by atoms with Crippen LogP contribution < -0.4 is 11.5 Å². The Morgan fingerprint density at radius 3 is 2.14 bits per heavy atom. The van der Waals surface area contributed by atoms with Crippen LogP contribution >= 0.6 is 0 Å². The molecular weight excluding hydrogens is 204 g/mol. The lowest BCUT2D eigenvalue weighted by molar-refractivity contribution is 0.304. The number of rotatable bonds is 6. The number of unbranched alkanes of at least 4 members (excludes halogenated alkanes) is 1.